The van der Waals surface area contributed by atoms with Gasteiger partial charge in [0.1, 0.15) is 0 Å². The summed E-state index contributed by atoms with van der Waals surface area (Å²) in [4.78, 5) is 0. The van der Waals surface area contributed by atoms with Crippen LogP contribution < -0.4 is 0 Å². The summed E-state index contributed by atoms with van der Waals surface area (Å²) in [5, 5.41) is 10.3. The monoisotopic (exact) mass is 534 g/mol. The highest BCUT2D eigenvalue weighted by Crippen LogP contribution is 2.42. The van der Waals surface area contributed by atoms with E-state index in [1.807, 2.05) is 0 Å². The normalized spacial score (nSPS) is 11.6. The van der Waals surface area contributed by atoms with Gasteiger partial charge in [-0.3, -0.25) is 0 Å². The van der Waals surface area contributed by atoms with E-state index < -0.39 is 0 Å². The average Bonchev–Trinajstić information content (AvgIpc) is 3.05. The molecule has 198 valence electrons. The number of rotatable bonds is 3. The first kappa shape index (κ1) is 24.6. The zero-order valence-corrected chi connectivity index (χ0v) is 23.9. The molecule has 0 amide bonds. The highest BCUT2D eigenvalue weighted by atomic mass is 14.2. The molecule has 0 fully saturated rings. The Labute approximate surface area is 246 Å². The standard InChI is InChI=1S/C42H30/c1-27-21-23-39(31-13-5-3-11-29(27)31)37-19-9-18-36-35(37)17-10-20-38(36)41-25-26-42(34-16-8-7-15-33(34)41)40-24-22-28(2)30-12-4-6-14-32(30)40/h3-26H,1-2H3. The van der Waals surface area contributed by atoms with Crippen molar-refractivity contribution in [1.29, 1.82) is 0 Å². The fourth-order valence-electron chi connectivity index (χ4n) is 6.92. The van der Waals surface area contributed by atoms with Crippen molar-refractivity contribution in [3.05, 3.63) is 157 Å². The summed E-state index contributed by atoms with van der Waals surface area (Å²) in [6, 6.07) is 53.7. The first-order valence-corrected chi connectivity index (χ1v) is 14.7. The first-order valence-electron chi connectivity index (χ1n) is 14.7. The van der Waals surface area contributed by atoms with E-state index in [-0.39, 0.29) is 0 Å². The summed E-state index contributed by atoms with van der Waals surface area (Å²) in [5.74, 6) is 0. The highest BCUT2D eigenvalue weighted by molar-refractivity contribution is 6.15. The van der Waals surface area contributed by atoms with E-state index in [0.717, 1.165) is 0 Å². The Morgan fingerprint density at radius 1 is 0.214 bits per heavy atom. The van der Waals surface area contributed by atoms with Crippen LogP contribution in [-0.4, -0.2) is 0 Å². The van der Waals surface area contributed by atoms with Gasteiger partial charge >= 0.3 is 0 Å². The van der Waals surface area contributed by atoms with Crippen molar-refractivity contribution in [3.63, 3.8) is 0 Å². The van der Waals surface area contributed by atoms with Gasteiger partial charge in [0.2, 0.25) is 0 Å². The third-order valence-corrected chi connectivity index (χ3v) is 9.00. The number of fused-ring (bicyclic) bond motifs is 4. The lowest BCUT2D eigenvalue weighted by atomic mass is 9.86. The molecule has 8 aromatic rings. The Bertz CT molecular complexity index is 2200. The van der Waals surface area contributed by atoms with Gasteiger partial charge in [-0.1, -0.05) is 146 Å². The Morgan fingerprint density at radius 2 is 0.452 bits per heavy atom. The maximum atomic E-state index is 2.33. The van der Waals surface area contributed by atoms with E-state index in [0.29, 0.717) is 0 Å². The molecule has 0 aliphatic heterocycles. The molecule has 0 heteroatoms. The van der Waals surface area contributed by atoms with E-state index in [1.54, 1.807) is 0 Å². The lowest BCUT2D eigenvalue weighted by Gasteiger charge is -2.17. The Balaban J connectivity index is 1.37. The summed E-state index contributed by atoms with van der Waals surface area (Å²) in [6.45, 7) is 4.39. The Kier molecular flexibility index (Phi) is 5.69. The smallest absolute Gasteiger partial charge is 0.00987 e. The summed E-state index contributed by atoms with van der Waals surface area (Å²) < 4.78 is 0. The highest BCUT2D eigenvalue weighted by Gasteiger charge is 2.15. The number of hydrogen-bond donors (Lipinski definition) is 0. The molecule has 0 bridgehead atoms. The van der Waals surface area contributed by atoms with Crippen LogP contribution in [0.15, 0.2) is 146 Å². The third-order valence-electron chi connectivity index (χ3n) is 9.00. The minimum atomic E-state index is 1.27. The van der Waals surface area contributed by atoms with Crippen molar-refractivity contribution in [2.45, 2.75) is 13.8 Å². The molecule has 0 aromatic heterocycles. The van der Waals surface area contributed by atoms with E-state index in [1.165, 1.54) is 87.6 Å². The quantitative estimate of drug-likeness (QED) is 0.211. The van der Waals surface area contributed by atoms with Crippen molar-refractivity contribution < 1.29 is 0 Å². The predicted molar refractivity (Wildman–Crippen MR) is 182 cm³/mol. The molecule has 0 saturated carbocycles. The molecule has 0 N–H and O–H groups in total. The summed E-state index contributed by atoms with van der Waals surface area (Å²) in [7, 11) is 0. The molecule has 0 unspecified atom stereocenters. The maximum Gasteiger partial charge on any atom is -0.00987 e. The molecule has 0 aliphatic rings. The van der Waals surface area contributed by atoms with Gasteiger partial charge in [0.25, 0.3) is 0 Å². The van der Waals surface area contributed by atoms with Crippen LogP contribution in [0.1, 0.15) is 11.1 Å². The summed E-state index contributed by atoms with van der Waals surface area (Å²) in [6.07, 6.45) is 0. The maximum absolute atomic E-state index is 2.33. The van der Waals surface area contributed by atoms with Crippen LogP contribution >= 0.6 is 0 Å². The molecular weight excluding hydrogens is 504 g/mol. The van der Waals surface area contributed by atoms with Crippen molar-refractivity contribution >= 4 is 43.1 Å². The van der Waals surface area contributed by atoms with Gasteiger partial charge in [-0.05, 0) is 101 Å². The lowest BCUT2D eigenvalue weighted by molar-refractivity contribution is 1.53. The fraction of sp³-hybridized carbons (Fsp3) is 0.0476. The minimum absolute atomic E-state index is 1.27. The Hall–Kier alpha value is -5.20. The van der Waals surface area contributed by atoms with Crippen molar-refractivity contribution in [1.82, 2.24) is 0 Å². The van der Waals surface area contributed by atoms with Crippen LogP contribution in [0.2, 0.25) is 0 Å². The van der Waals surface area contributed by atoms with Gasteiger partial charge < -0.3 is 0 Å². The fourth-order valence-corrected chi connectivity index (χ4v) is 6.92. The lowest BCUT2D eigenvalue weighted by Crippen LogP contribution is -1.90. The zero-order chi connectivity index (χ0) is 28.2. The van der Waals surface area contributed by atoms with Crippen LogP contribution in [0.5, 0.6) is 0 Å². The predicted octanol–water partition coefficient (Wildman–Crippen LogP) is 11.9. The van der Waals surface area contributed by atoms with E-state index in [4.69, 9.17) is 0 Å². The number of hydrogen-bond acceptors (Lipinski definition) is 0. The topological polar surface area (TPSA) is 0 Å². The summed E-state index contributed by atoms with van der Waals surface area (Å²) in [5.41, 5.74) is 10.3. The molecule has 42 heavy (non-hydrogen) atoms. The van der Waals surface area contributed by atoms with Crippen LogP contribution in [0.4, 0.5) is 0 Å². The van der Waals surface area contributed by atoms with Gasteiger partial charge in [0.15, 0.2) is 0 Å². The van der Waals surface area contributed by atoms with E-state index in [2.05, 4.69) is 159 Å². The first-order chi connectivity index (χ1) is 20.7. The second-order valence-electron chi connectivity index (χ2n) is 11.4. The molecule has 0 heterocycles. The molecule has 8 aromatic carbocycles. The van der Waals surface area contributed by atoms with Gasteiger partial charge in [-0.15, -0.1) is 0 Å². The molecule has 0 nitrogen and oxygen atoms in total. The van der Waals surface area contributed by atoms with Gasteiger partial charge in [-0.2, -0.15) is 0 Å². The second kappa shape index (κ2) is 9.72. The van der Waals surface area contributed by atoms with Crippen LogP contribution in [-0.2, 0) is 0 Å². The van der Waals surface area contributed by atoms with Crippen molar-refractivity contribution in [2.75, 3.05) is 0 Å². The summed E-state index contributed by atoms with van der Waals surface area (Å²) >= 11 is 0. The minimum Gasteiger partial charge on any atom is -0.0616 e. The van der Waals surface area contributed by atoms with Crippen LogP contribution in [0.3, 0.4) is 0 Å². The molecular formula is C42H30. The SMILES string of the molecule is Cc1ccc(-c2cccc3c(-c4ccc(-c5ccc(C)c6ccccc56)c5ccccc45)cccc23)c2ccccc12. The molecule has 0 radical (unpaired) electrons. The third kappa shape index (κ3) is 3.76. The Morgan fingerprint density at radius 3 is 0.810 bits per heavy atom. The number of aryl methyl sites for hydroxylation is 2. The van der Waals surface area contributed by atoms with Gasteiger partial charge in [0, 0.05) is 0 Å². The molecule has 0 aliphatic carbocycles. The molecule has 8 rings (SSSR count). The van der Waals surface area contributed by atoms with E-state index in [9.17, 15) is 0 Å². The van der Waals surface area contributed by atoms with Gasteiger partial charge in [0.05, 0.1) is 0 Å². The zero-order valence-electron chi connectivity index (χ0n) is 23.9. The van der Waals surface area contributed by atoms with Crippen molar-refractivity contribution in [3.8, 4) is 33.4 Å². The van der Waals surface area contributed by atoms with Crippen LogP contribution in [0, 0.1) is 13.8 Å². The van der Waals surface area contributed by atoms with Gasteiger partial charge in [-0.25, -0.2) is 0 Å². The van der Waals surface area contributed by atoms with Crippen molar-refractivity contribution in [2.24, 2.45) is 0 Å². The largest absolute Gasteiger partial charge is 0.0616 e. The van der Waals surface area contributed by atoms with Crippen LogP contribution in [0.25, 0.3) is 76.5 Å². The van der Waals surface area contributed by atoms with E-state index >= 15 is 0 Å². The molecule has 0 atom stereocenters. The second-order valence-corrected chi connectivity index (χ2v) is 11.4. The molecule has 0 spiro atoms. The average molecular weight is 535 g/mol. The molecule has 0 saturated heterocycles. The number of benzene rings is 8.